The standard InChI is InChI=1S/C16H22BrN3O3S/c1-12-10-18-6-8-20(12)16(21)13-5-7-19(11-13)24(22,23)15-4-2-3-14(17)9-15/h2-4,9,12-13,18H,5-8,10-11H2,1H3/t12-,13?/m1/s1. The van der Waals surface area contributed by atoms with Gasteiger partial charge in [-0.1, -0.05) is 22.0 Å². The fourth-order valence-electron chi connectivity index (χ4n) is 3.33. The smallest absolute Gasteiger partial charge is 0.243 e. The Morgan fingerprint density at radius 3 is 2.83 bits per heavy atom. The van der Waals surface area contributed by atoms with E-state index >= 15 is 0 Å². The average molecular weight is 416 g/mol. The minimum atomic E-state index is -3.55. The van der Waals surface area contributed by atoms with Gasteiger partial charge < -0.3 is 10.2 Å². The first-order valence-corrected chi connectivity index (χ1v) is 10.4. The lowest BCUT2D eigenvalue weighted by Crippen LogP contribution is -2.54. The summed E-state index contributed by atoms with van der Waals surface area (Å²) in [6, 6.07) is 6.84. The summed E-state index contributed by atoms with van der Waals surface area (Å²) in [5, 5.41) is 3.27. The van der Waals surface area contributed by atoms with E-state index in [1.807, 2.05) is 11.8 Å². The summed E-state index contributed by atoms with van der Waals surface area (Å²) in [5.74, 6) is -0.163. The molecule has 1 amide bonds. The van der Waals surface area contributed by atoms with Gasteiger partial charge in [0.25, 0.3) is 0 Å². The molecule has 2 aliphatic rings. The first kappa shape index (κ1) is 17.8. The van der Waals surface area contributed by atoms with Crippen molar-refractivity contribution in [2.75, 3.05) is 32.7 Å². The van der Waals surface area contributed by atoms with Gasteiger partial charge in [-0.3, -0.25) is 4.79 Å². The summed E-state index contributed by atoms with van der Waals surface area (Å²) in [4.78, 5) is 14.9. The van der Waals surface area contributed by atoms with Crippen molar-refractivity contribution < 1.29 is 13.2 Å². The van der Waals surface area contributed by atoms with Gasteiger partial charge in [-0.2, -0.15) is 4.31 Å². The van der Waals surface area contributed by atoms with Crippen molar-refractivity contribution in [2.45, 2.75) is 24.3 Å². The van der Waals surface area contributed by atoms with Gasteiger partial charge in [0, 0.05) is 43.2 Å². The van der Waals surface area contributed by atoms with E-state index in [0.29, 0.717) is 19.5 Å². The van der Waals surface area contributed by atoms with Crippen LogP contribution in [0.15, 0.2) is 33.6 Å². The van der Waals surface area contributed by atoms with E-state index < -0.39 is 10.0 Å². The van der Waals surface area contributed by atoms with Crippen LogP contribution >= 0.6 is 15.9 Å². The molecule has 6 nitrogen and oxygen atoms in total. The molecule has 132 valence electrons. The van der Waals surface area contributed by atoms with Crippen LogP contribution < -0.4 is 5.32 Å². The number of nitrogens with zero attached hydrogens (tertiary/aromatic N) is 2. The van der Waals surface area contributed by atoms with Gasteiger partial charge >= 0.3 is 0 Å². The van der Waals surface area contributed by atoms with E-state index in [-0.39, 0.29) is 29.3 Å². The third-order valence-electron chi connectivity index (χ3n) is 4.72. The van der Waals surface area contributed by atoms with Crippen LogP contribution in [0.5, 0.6) is 0 Å². The summed E-state index contributed by atoms with van der Waals surface area (Å²) >= 11 is 3.31. The first-order chi connectivity index (χ1) is 11.4. The largest absolute Gasteiger partial charge is 0.337 e. The van der Waals surface area contributed by atoms with Crippen LogP contribution in [0.1, 0.15) is 13.3 Å². The Morgan fingerprint density at radius 2 is 2.12 bits per heavy atom. The zero-order valence-electron chi connectivity index (χ0n) is 13.6. The Hall–Kier alpha value is -0.960. The molecule has 2 atom stereocenters. The van der Waals surface area contributed by atoms with E-state index in [1.165, 1.54) is 4.31 Å². The van der Waals surface area contributed by atoms with Crippen LogP contribution in [0.3, 0.4) is 0 Å². The normalized spacial score (nSPS) is 25.8. The molecule has 0 radical (unpaired) electrons. The molecular formula is C16H22BrN3O3S. The molecule has 1 aromatic rings. The minimum Gasteiger partial charge on any atom is -0.337 e. The van der Waals surface area contributed by atoms with Crippen molar-refractivity contribution in [3.63, 3.8) is 0 Å². The third kappa shape index (κ3) is 3.51. The maximum Gasteiger partial charge on any atom is 0.243 e. The molecule has 1 unspecified atom stereocenters. The van der Waals surface area contributed by atoms with E-state index in [9.17, 15) is 13.2 Å². The van der Waals surface area contributed by atoms with Crippen molar-refractivity contribution in [3.05, 3.63) is 28.7 Å². The zero-order valence-corrected chi connectivity index (χ0v) is 16.0. The van der Waals surface area contributed by atoms with Crippen LogP contribution in [0.4, 0.5) is 0 Å². The molecule has 0 aliphatic carbocycles. The summed E-state index contributed by atoms with van der Waals surface area (Å²) in [6.07, 6.45) is 0.586. The third-order valence-corrected chi connectivity index (χ3v) is 7.07. The molecule has 1 aromatic carbocycles. The number of nitrogens with one attached hydrogen (secondary N) is 1. The van der Waals surface area contributed by atoms with Crippen molar-refractivity contribution in [3.8, 4) is 0 Å². The molecule has 8 heteroatoms. The van der Waals surface area contributed by atoms with Gasteiger partial charge in [0.2, 0.25) is 15.9 Å². The molecule has 2 fully saturated rings. The molecule has 2 heterocycles. The Bertz CT molecular complexity index is 725. The number of hydrogen-bond donors (Lipinski definition) is 1. The Kier molecular flexibility index (Phi) is 5.29. The SMILES string of the molecule is C[C@@H]1CNCCN1C(=O)C1CCN(S(=O)(=O)c2cccc(Br)c2)C1. The summed E-state index contributed by atoms with van der Waals surface area (Å²) in [6.45, 7) is 4.96. The quantitative estimate of drug-likeness (QED) is 0.806. The second kappa shape index (κ2) is 7.11. The molecule has 24 heavy (non-hydrogen) atoms. The van der Waals surface area contributed by atoms with Crippen molar-refractivity contribution >= 4 is 31.9 Å². The second-order valence-electron chi connectivity index (χ2n) is 6.39. The molecule has 0 bridgehead atoms. The lowest BCUT2D eigenvalue weighted by Gasteiger charge is -2.35. The van der Waals surface area contributed by atoms with Crippen LogP contribution in [0.25, 0.3) is 0 Å². The van der Waals surface area contributed by atoms with Gasteiger partial charge in [-0.05, 0) is 31.5 Å². The molecule has 0 aromatic heterocycles. The molecule has 0 spiro atoms. The topological polar surface area (TPSA) is 69.7 Å². The zero-order chi connectivity index (χ0) is 17.3. The number of benzene rings is 1. The molecule has 0 saturated carbocycles. The highest BCUT2D eigenvalue weighted by Gasteiger charge is 2.38. The van der Waals surface area contributed by atoms with Gasteiger partial charge in [0.1, 0.15) is 0 Å². The Balaban J connectivity index is 1.71. The lowest BCUT2D eigenvalue weighted by molar-refractivity contribution is -0.137. The van der Waals surface area contributed by atoms with Crippen molar-refractivity contribution in [1.82, 2.24) is 14.5 Å². The van der Waals surface area contributed by atoms with Crippen molar-refractivity contribution in [1.29, 1.82) is 0 Å². The van der Waals surface area contributed by atoms with Crippen LogP contribution in [-0.2, 0) is 14.8 Å². The number of piperazine rings is 1. The first-order valence-electron chi connectivity index (χ1n) is 8.16. The Morgan fingerprint density at radius 1 is 1.33 bits per heavy atom. The number of carbonyl (C=O) groups is 1. The van der Waals surface area contributed by atoms with E-state index in [2.05, 4.69) is 21.2 Å². The van der Waals surface area contributed by atoms with Crippen LogP contribution in [0, 0.1) is 5.92 Å². The number of halogens is 1. The predicted molar refractivity (Wildman–Crippen MR) is 95.1 cm³/mol. The van der Waals surface area contributed by atoms with Crippen LogP contribution in [-0.4, -0.2) is 62.3 Å². The predicted octanol–water partition coefficient (Wildman–Crippen LogP) is 1.28. The summed E-state index contributed by atoms with van der Waals surface area (Å²) in [5.41, 5.74) is 0. The number of carbonyl (C=O) groups excluding carboxylic acids is 1. The van der Waals surface area contributed by atoms with Gasteiger partial charge in [-0.15, -0.1) is 0 Å². The van der Waals surface area contributed by atoms with Gasteiger partial charge in [-0.25, -0.2) is 8.42 Å². The maximum atomic E-state index is 12.8. The molecule has 1 N–H and O–H groups in total. The highest BCUT2D eigenvalue weighted by molar-refractivity contribution is 9.10. The fraction of sp³-hybridized carbons (Fsp3) is 0.562. The monoisotopic (exact) mass is 415 g/mol. The highest BCUT2D eigenvalue weighted by atomic mass is 79.9. The van der Waals surface area contributed by atoms with Crippen LogP contribution in [0.2, 0.25) is 0 Å². The molecular weight excluding hydrogens is 394 g/mol. The molecule has 2 saturated heterocycles. The summed E-state index contributed by atoms with van der Waals surface area (Å²) in [7, 11) is -3.55. The molecule has 2 aliphatic heterocycles. The Labute approximate surface area is 151 Å². The number of hydrogen-bond acceptors (Lipinski definition) is 4. The minimum absolute atomic E-state index is 0.0796. The van der Waals surface area contributed by atoms with E-state index in [1.54, 1.807) is 24.3 Å². The number of amides is 1. The summed E-state index contributed by atoms with van der Waals surface area (Å²) < 4.78 is 27.7. The maximum absolute atomic E-state index is 12.8. The average Bonchev–Trinajstić information content (AvgIpc) is 3.05. The molecule has 3 rings (SSSR count). The highest BCUT2D eigenvalue weighted by Crippen LogP contribution is 2.27. The number of rotatable bonds is 3. The number of sulfonamides is 1. The van der Waals surface area contributed by atoms with Crippen molar-refractivity contribution in [2.24, 2.45) is 5.92 Å². The van der Waals surface area contributed by atoms with Gasteiger partial charge in [0.15, 0.2) is 0 Å². The fourth-order valence-corrected chi connectivity index (χ4v) is 5.42. The van der Waals surface area contributed by atoms with E-state index in [0.717, 1.165) is 17.6 Å². The van der Waals surface area contributed by atoms with Gasteiger partial charge in [0.05, 0.1) is 10.8 Å². The lowest BCUT2D eigenvalue weighted by atomic mass is 10.1. The second-order valence-corrected chi connectivity index (χ2v) is 9.24. The van der Waals surface area contributed by atoms with E-state index in [4.69, 9.17) is 0 Å².